The van der Waals surface area contributed by atoms with Crippen LogP contribution in [0, 0.1) is 0 Å². The van der Waals surface area contributed by atoms with E-state index in [1.54, 1.807) is 18.2 Å². The average molecular weight is 538 g/mol. The van der Waals surface area contributed by atoms with E-state index in [0.717, 1.165) is 37.7 Å². The minimum atomic E-state index is -1.04. The maximum atomic E-state index is 11.7. The molecule has 0 spiro atoms. The molecule has 1 fully saturated rings. The number of ether oxygens (including phenoxy) is 3. The largest absolute Gasteiger partial charge is 0.490 e. The Kier molecular flexibility index (Phi) is 8.49. The van der Waals surface area contributed by atoms with E-state index in [-0.39, 0.29) is 17.7 Å². The highest BCUT2D eigenvalue weighted by molar-refractivity contribution is 6.30. The molecule has 3 aromatic carbocycles. The Morgan fingerprint density at radius 3 is 2.61 bits per heavy atom. The van der Waals surface area contributed by atoms with Crippen molar-refractivity contribution in [3.05, 3.63) is 87.9 Å². The van der Waals surface area contributed by atoms with E-state index < -0.39 is 12.1 Å². The number of carboxylic acid groups (broad SMARTS) is 1. The molecule has 3 N–H and O–H groups in total. The summed E-state index contributed by atoms with van der Waals surface area (Å²) in [4.78, 5) is 11.7. The average Bonchev–Trinajstić information content (AvgIpc) is 2.92. The molecule has 1 aliphatic heterocycles. The number of hydrogen-bond acceptors (Lipinski definition) is 6. The molecule has 0 saturated carbocycles. The summed E-state index contributed by atoms with van der Waals surface area (Å²) >= 11 is 6.06. The number of carbonyl (C=O) groups is 1. The van der Waals surface area contributed by atoms with Crippen molar-refractivity contribution in [2.24, 2.45) is 0 Å². The lowest BCUT2D eigenvalue weighted by Crippen LogP contribution is -2.37. The molecule has 1 aliphatic carbocycles. The van der Waals surface area contributed by atoms with Gasteiger partial charge in [0.15, 0.2) is 0 Å². The van der Waals surface area contributed by atoms with Crippen LogP contribution in [0.3, 0.4) is 0 Å². The number of aliphatic hydroxyl groups is 1. The van der Waals surface area contributed by atoms with Crippen molar-refractivity contribution in [3.63, 3.8) is 0 Å². The van der Waals surface area contributed by atoms with Crippen molar-refractivity contribution in [1.82, 2.24) is 5.32 Å². The van der Waals surface area contributed by atoms with E-state index in [9.17, 15) is 15.0 Å². The van der Waals surface area contributed by atoms with Gasteiger partial charge in [-0.15, -0.1) is 0 Å². The van der Waals surface area contributed by atoms with Gasteiger partial charge < -0.3 is 29.7 Å². The Balaban J connectivity index is 1.25. The van der Waals surface area contributed by atoms with Gasteiger partial charge in [0.1, 0.15) is 23.4 Å². The maximum absolute atomic E-state index is 11.7. The van der Waals surface area contributed by atoms with Crippen molar-refractivity contribution in [2.45, 2.75) is 50.4 Å². The van der Waals surface area contributed by atoms with Gasteiger partial charge >= 0.3 is 5.97 Å². The van der Waals surface area contributed by atoms with Crippen LogP contribution in [0.1, 0.15) is 52.4 Å². The van der Waals surface area contributed by atoms with E-state index in [4.69, 9.17) is 25.8 Å². The third kappa shape index (κ3) is 6.85. The number of benzene rings is 3. The zero-order valence-electron chi connectivity index (χ0n) is 21.1. The van der Waals surface area contributed by atoms with Crippen molar-refractivity contribution >= 4 is 17.6 Å². The van der Waals surface area contributed by atoms with Gasteiger partial charge in [-0.05, 0) is 72.4 Å². The summed E-state index contributed by atoms with van der Waals surface area (Å²) in [6.45, 7) is 1.71. The minimum Gasteiger partial charge on any atom is -0.490 e. The lowest BCUT2D eigenvalue weighted by molar-refractivity contribution is 0.0254. The quantitative estimate of drug-likeness (QED) is 0.328. The topological polar surface area (TPSA) is 97.3 Å². The second-order valence-electron chi connectivity index (χ2n) is 9.88. The molecule has 3 aromatic rings. The number of aromatic carboxylic acids is 1. The molecule has 2 aliphatic rings. The molecule has 0 aromatic heterocycles. The van der Waals surface area contributed by atoms with Gasteiger partial charge in [0.25, 0.3) is 0 Å². The number of fused-ring (bicyclic) bond motifs is 1. The maximum Gasteiger partial charge on any atom is 0.335 e. The third-order valence-electron chi connectivity index (χ3n) is 7.07. The Hall–Kier alpha value is -3.10. The predicted octanol–water partition coefficient (Wildman–Crippen LogP) is 5.57. The van der Waals surface area contributed by atoms with Gasteiger partial charge in [0, 0.05) is 36.5 Å². The second-order valence-corrected chi connectivity index (χ2v) is 10.3. The van der Waals surface area contributed by atoms with E-state index in [2.05, 4.69) is 11.4 Å². The van der Waals surface area contributed by atoms with Crippen LogP contribution in [0.4, 0.5) is 0 Å². The molecule has 2 atom stereocenters. The highest BCUT2D eigenvalue weighted by atomic mass is 35.5. The Morgan fingerprint density at radius 1 is 1.00 bits per heavy atom. The summed E-state index contributed by atoms with van der Waals surface area (Å²) < 4.78 is 17.6. The summed E-state index contributed by atoms with van der Waals surface area (Å²) in [6, 6.07) is 18.3. The fraction of sp³-hybridized carbons (Fsp3) is 0.367. The number of rotatable bonds is 9. The van der Waals surface area contributed by atoms with Crippen LogP contribution in [0.15, 0.2) is 60.7 Å². The predicted molar refractivity (Wildman–Crippen MR) is 145 cm³/mol. The number of nitrogens with one attached hydrogen (secondary N) is 1. The number of hydrogen-bond donors (Lipinski definition) is 3. The van der Waals surface area contributed by atoms with E-state index >= 15 is 0 Å². The lowest BCUT2D eigenvalue weighted by atomic mass is 9.88. The van der Waals surface area contributed by atoms with Gasteiger partial charge in [-0.2, -0.15) is 0 Å². The van der Waals surface area contributed by atoms with E-state index in [1.165, 1.54) is 23.3 Å². The zero-order chi connectivity index (χ0) is 26.5. The van der Waals surface area contributed by atoms with Gasteiger partial charge in [0.05, 0.1) is 24.9 Å². The SMILES string of the molecule is O=C(O)c1cc(Oc2ccc3c(c2)C[C@@H](NC[C@H](O)c2cccc(Cl)c2)CC3)cc(OC2CCOCC2)c1. The summed E-state index contributed by atoms with van der Waals surface area (Å²) in [6.07, 6.45) is 3.60. The van der Waals surface area contributed by atoms with Crippen LogP contribution >= 0.6 is 11.6 Å². The monoisotopic (exact) mass is 537 g/mol. The number of aliphatic hydroxyl groups excluding tert-OH is 1. The van der Waals surface area contributed by atoms with Gasteiger partial charge in [0.2, 0.25) is 0 Å². The number of halogens is 1. The van der Waals surface area contributed by atoms with E-state index in [0.29, 0.717) is 42.0 Å². The molecule has 200 valence electrons. The molecule has 8 heteroatoms. The van der Waals surface area contributed by atoms with Crippen molar-refractivity contribution < 1.29 is 29.2 Å². The molecule has 0 unspecified atom stereocenters. The first-order chi connectivity index (χ1) is 18.4. The molecule has 1 heterocycles. The standard InChI is InChI=1S/C30H32ClNO6/c31-23-3-1-2-20(12-23)29(33)18-32-24-6-4-19-5-7-26(14-21(19)13-24)38-28-16-22(30(34)35)15-27(17-28)37-25-8-10-36-11-9-25/h1-3,5,7,12,14-17,24-25,29,32-33H,4,6,8-11,13,18H2,(H,34,35)/t24-,29-/m0/s1. The van der Waals surface area contributed by atoms with Crippen molar-refractivity contribution in [2.75, 3.05) is 19.8 Å². The number of carboxylic acids is 1. The molecule has 7 nitrogen and oxygen atoms in total. The van der Waals surface area contributed by atoms with Gasteiger partial charge in [-0.1, -0.05) is 29.8 Å². The third-order valence-corrected chi connectivity index (χ3v) is 7.31. The molecular formula is C30H32ClNO6. The molecular weight excluding hydrogens is 506 g/mol. The fourth-order valence-electron chi connectivity index (χ4n) is 5.03. The fourth-order valence-corrected chi connectivity index (χ4v) is 5.22. The molecule has 0 amide bonds. The first kappa shape index (κ1) is 26.5. The molecule has 0 radical (unpaired) electrons. The molecule has 0 bridgehead atoms. The normalized spacial score (nSPS) is 18.4. The Morgan fingerprint density at radius 2 is 1.82 bits per heavy atom. The van der Waals surface area contributed by atoms with Crippen molar-refractivity contribution in [3.8, 4) is 17.2 Å². The Labute approximate surface area is 227 Å². The van der Waals surface area contributed by atoms with Crippen LogP contribution < -0.4 is 14.8 Å². The van der Waals surface area contributed by atoms with E-state index in [1.807, 2.05) is 24.3 Å². The summed E-state index contributed by atoms with van der Waals surface area (Å²) in [5, 5.41) is 24.3. The second kappa shape index (κ2) is 12.2. The van der Waals surface area contributed by atoms with Crippen LogP contribution in [0.25, 0.3) is 0 Å². The van der Waals surface area contributed by atoms with Crippen LogP contribution in [-0.2, 0) is 17.6 Å². The van der Waals surface area contributed by atoms with Crippen LogP contribution in [-0.4, -0.2) is 48.1 Å². The lowest BCUT2D eigenvalue weighted by Gasteiger charge is -2.27. The first-order valence-electron chi connectivity index (χ1n) is 13.0. The van der Waals surface area contributed by atoms with Gasteiger partial charge in [-0.25, -0.2) is 4.79 Å². The summed E-state index contributed by atoms with van der Waals surface area (Å²) in [5.74, 6) is 0.504. The smallest absolute Gasteiger partial charge is 0.335 e. The molecule has 38 heavy (non-hydrogen) atoms. The Bertz CT molecular complexity index is 1280. The minimum absolute atomic E-state index is 0.00813. The molecule has 1 saturated heterocycles. The highest BCUT2D eigenvalue weighted by Crippen LogP contribution is 2.32. The summed E-state index contributed by atoms with van der Waals surface area (Å²) in [7, 11) is 0. The summed E-state index contributed by atoms with van der Waals surface area (Å²) in [5.41, 5.74) is 3.36. The van der Waals surface area contributed by atoms with Crippen LogP contribution in [0.5, 0.6) is 17.2 Å². The highest BCUT2D eigenvalue weighted by Gasteiger charge is 2.21. The number of aryl methyl sites for hydroxylation is 1. The van der Waals surface area contributed by atoms with Crippen molar-refractivity contribution in [1.29, 1.82) is 0 Å². The van der Waals surface area contributed by atoms with Gasteiger partial charge in [-0.3, -0.25) is 0 Å². The van der Waals surface area contributed by atoms with Crippen LogP contribution in [0.2, 0.25) is 5.02 Å². The zero-order valence-corrected chi connectivity index (χ0v) is 21.8. The first-order valence-corrected chi connectivity index (χ1v) is 13.4. The molecule has 5 rings (SSSR count).